The maximum absolute atomic E-state index is 12.3. The third-order valence-electron chi connectivity index (χ3n) is 11.3. The largest absolute Gasteiger partial charge is 0.458 e. The lowest BCUT2D eigenvalue weighted by atomic mass is 9.89. The van der Waals surface area contributed by atoms with Crippen molar-refractivity contribution >= 4 is 72.4 Å². The lowest BCUT2D eigenvalue weighted by Crippen LogP contribution is -2.50. The van der Waals surface area contributed by atoms with Crippen molar-refractivity contribution in [3.05, 3.63) is 33.5 Å². The van der Waals surface area contributed by atoms with Gasteiger partial charge in [0.15, 0.2) is 0 Å². The van der Waals surface area contributed by atoms with Gasteiger partial charge in [-0.25, -0.2) is 24.7 Å². The van der Waals surface area contributed by atoms with Gasteiger partial charge in [-0.2, -0.15) is 26.3 Å². The van der Waals surface area contributed by atoms with E-state index in [0.29, 0.717) is 13.1 Å². The number of Topliss-reactive ketones (excluding diaryl/α,β-unsaturated/α-hetero) is 2. The van der Waals surface area contributed by atoms with Crippen LogP contribution in [0.4, 0.5) is 42.8 Å². The summed E-state index contributed by atoms with van der Waals surface area (Å²) in [5.74, 6) is -4.80. The predicted molar refractivity (Wildman–Crippen MR) is 223 cm³/mol. The molecule has 6 heterocycles. The minimum atomic E-state index is -5.77. The molecule has 4 aromatic heterocycles. The molecule has 0 radical (unpaired) electrons. The molecule has 20 heteroatoms. The number of amides is 1. The second kappa shape index (κ2) is 18.3. The Hall–Kier alpha value is -4.17. The monoisotopic (exact) mass is 898 g/mol. The first-order valence-corrected chi connectivity index (χ1v) is 22.2. The molecule has 4 aromatic rings. The van der Waals surface area contributed by atoms with Crippen molar-refractivity contribution in [3.63, 3.8) is 0 Å². The van der Waals surface area contributed by atoms with Gasteiger partial charge in [0, 0.05) is 33.9 Å². The van der Waals surface area contributed by atoms with Crippen molar-refractivity contribution in [2.75, 3.05) is 36.8 Å². The van der Waals surface area contributed by atoms with Gasteiger partial charge < -0.3 is 25.6 Å². The lowest BCUT2D eigenvalue weighted by molar-refractivity contribution is -0.193. The quantitative estimate of drug-likeness (QED) is 0.130. The average Bonchev–Trinajstić information content (AvgIpc) is 3.76. The fourth-order valence-corrected chi connectivity index (χ4v) is 10.4. The van der Waals surface area contributed by atoms with E-state index < -0.39 is 29.5 Å². The number of nitrogens with zero attached hydrogens (tertiary/aromatic N) is 5. The van der Waals surface area contributed by atoms with Gasteiger partial charge in [0.25, 0.3) is 0 Å². The Kier molecular flexibility index (Phi) is 13.9. The molecule has 2 aliphatic heterocycles. The summed E-state index contributed by atoms with van der Waals surface area (Å²) in [6.45, 7) is 13.8. The highest BCUT2D eigenvalue weighted by Crippen LogP contribution is 2.41. The fraction of sp³-hybridized carbons (Fsp3) is 0.634. The van der Waals surface area contributed by atoms with E-state index >= 15 is 0 Å². The van der Waals surface area contributed by atoms with Crippen molar-refractivity contribution in [2.24, 2.45) is 0 Å². The summed E-state index contributed by atoms with van der Waals surface area (Å²) in [6, 6.07) is 0. The SMILES string of the molecule is CC1(Nc2ncnc3sc4c(c23)CCCC4)CCN(C(=O)OC(C)(C)C)CC1.CC1(Nc2ncnc3sc4c(c23)CCCC4)CCNCC1.O=C(C(=O)C(F)(F)F)C(F)(F)F. The first-order valence-electron chi connectivity index (χ1n) is 20.5. The van der Waals surface area contributed by atoms with Crippen LogP contribution >= 0.6 is 22.7 Å². The standard InChI is InChI=1S/C21H30N4O2S.C16H22N4S.C4F6O2/c1-20(2,3)27-19(26)25-11-9-21(4,10-12-25)24-17-16-14-7-5-6-8-15(14)28-18(16)23-13-22-17;1-16(6-8-17-9-7-16)20-14-13-11-4-2-3-5-12(11)21-15(13)19-10-18-14;5-3(6,7)1(11)2(12)4(8,9)10/h13H,5-12H2,1-4H3,(H,22,23,24);10,17H,2-9H2,1H3,(H,18,19,20);. The summed E-state index contributed by atoms with van der Waals surface area (Å²) in [5.41, 5.74) is 2.56. The van der Waals surface area contributed by atoms with Gasteiger partial charge in [0.2, 0.25) is 0 Å². The molecule has 0 spiro atoms. The molecule has 12 nitrogen and oxygen atoms in total. The first-order chi connectivity index (χ1) is 28.6. The van der Waals surface area contributed by atoms with Crippen molar-refractivity contribution in [1.29, 1.82) is 0 Å². The summed E-state index contributed by atoms with van der Waals surface area (Å²) in [7, 11) is 0. The van der Waals surface area contributed by atoms with E-state index in [1.807, 2.05) is 48.3 Å². The number of halogens is 6. The highest BCUT2D eigenvalue weighted by Gasteiger charge is 2.54. The molecular formula is C41H52F6N8O4S2. The topological polar surface area (TPSA) is 151 Å². The van der Waals surface area contributed by atoms with Crippen molar-refractivity contribution in [1.82, 2.24) is 30.2 Å². The number of carbonyl (C=O) groups excluding carboxylic acids is 3. The van der Waals surface area contributed by atoms with Crippen LogP contribution in [-0.4, -0.2) is 97.7 Å². The molecule has 0 atom stereocenters. The van der Waals surface area contributed by atoms with E-state index in [2.05, 4.69) is 49.7 Å². The zero-order chi connectivity index (χ0) is 44.4. The van der Waals surface area contributed by atoms with Gasteiger partial charge in [-0.1, -0.05) is 0 Å². The zero-order valence-corrected chi connectivity index (χ0v) is 36.6. The van der Waals surface area contributed by atoms with E-state index in [-0.39, 0.29) is 17.2 Å². The highest BCUT2D eigenvalue weighted by molar-refractivity contribution is 7.19. The number of nitrogens with one attached hydrogen (secondary N) is 3. The number of thiophene rings is 2. The lowest BCUT2D eigenvalue weighted by Gasteiger charge is -2.40. The molecule has 0 aromatic carbocycles. The van der Waals surface area contributed by atoms with Crippen LogP contribution in [0.15, 0.2) is 12.7 Å². The third kappa shape index (κ3) is 11.5. The number of rotatable bonds is 5. The average molecular weight is 899 g/mol. The number of piperidine rings is 2. The molecule has 8 rings (SSSR count). The molecule has 0 unspecified atom stereocenters. The number of fused-ring (bicyclic) bond motifs is 6. The van der Waals surface area contributed by atoms with Crippen LogP contribution in [0, 0.1) is 0 Å². The second-order valence-corrected chi connectivity index (χ2v) is 19.6. The third-order valence-corrected chi connectivity index (χ3v) is 13.7. The molecule has 3 N–H and O–H groups in total. The molecule has 2 aliphatic carbocycles. The van der Waals surface area contributed by atoms with Gasteiger partial charge in [-0.3, -0.25) is 9.59 Å². The van der Waals surface area contributed by atoms with Gasteiger partial charge in [-0.05, 0) is 136 Å². The number of anilines is 2. The van der Waals surface area contributed by atoms with Crippen LogP contribution in [0.25, 0.3) is 20.4 Å². The Balaban J connectivity index is 0.000000166. The fourth-order valence-electron chi connectivity index (χ4n) is 7.94. The molecular weight excluding hydrogens is 847 g/mol. The van der Waals surface area contributed by atoms with E-state index in [4.69, 9.17) is 4.74 Å². The molecule has 2 saturated heterocycles. The molecule has 1 amide bonds. The normalized spacial score (nSPS) is 18.7. The first kappa shape index (κ1) is 46.3. The summed E-state index contributed by atoms with van der Waals surface area (Å²) in [5, 5.41) is 13.4. The predicted octanol–water partition coefficient (Wildman–Crippen LogP) is 9.14. The molecule has 4 aliphatic rings. The number of aromatic nitrogens is 4. The molecule has 0 bridgehead atoms. The second-order valence-electron chi connectivity index (χ2n) is 17.5. The van der Waals surface area contributed by atoms with Crippen LogP contribution in [-0.2, 0) is 40.0 Å². The van der Waals surface area contributed by atoms with Gasteiger partial charge >= 0.3 is 30.0 Å². The zero-order valence-electron chi connectivity index (χ0n) is 34.9. The van der Waals surface area contributed by atoms with Crippen LogP contribution in [0.1, 0.15) is 107 Å². The Morgan fingerprint density at radius 3 is 1.49 bits per heavy atom. The summed E-state index contributed by atoms with van der Waals surface area (Å²) >= 11 is 3.70. The summed E-state index contributed by atoms with van der Waals surface area (Å²) in [4.78, 5) is 56.9. The number of hydrogen-bond acceptors (Lipinski definition) is 13. The van der Waals surface area contributed by atoms with E-state index in [9.17, 15) is 40.7 Å². The number of ether oxygens (including phenoxy) is 1. The van der Waals surface area contributed by atoms with E-state index in [1.165, 1.54) is 70.2 Å². The summed E-state index contributed by atoms with van der Waals surface area (Å²) < 4.78 is 72.5. The van der Waals surface area contributed by atoms with E-state index in [0.717, 1.165) is 72.9 Å². The maximum atomic E-state index is 12.3. The Labute approximate surface area is 358 Å². The Morgan fingerprint density at radius 1 is 0.672 bits per heavy atom. The number of carbonyl (C=O) groups is 3. The van der Waals surface area contributed by atoms with Crippen LogP contribution < -0.4 is 16.0 Å². The van der Waals surface area contributed by atoms with Crippen molar-refractivity contribution in [2.45, 2.75) is 141 Å². The number of aryl methyl sites for hydroxylation is 4. The highest BCUT2D eigenvalue weighted by atomic mass is 32.1. The maximum Gasteiger partial charge on any atom is 0.458 e. The van der Waals surface area contributed by atoms with Gasteiger partial charge in [-0.15, -0.1) is 22.7 Å². The Bertz CT molecular complexity index is 2200. The number of ketones is 2. The minimum absolute atomic E-state index is 0.0940. The number of hydrogen-bond donors (Lipinski definition) is 3. The van der Waals surface area contributed by atoms with Crippen molar-refractivity contribution < 1.29 is 45.5 Å². The smallest absolute Gasteiger partial charge is 0.444 e. The van der Waals surface area contributed by atoms with Gasteiger partial charge in [0.05, 0.1) is 10.8 Å². The number of likely N-dealkylation sites (tertiary alicyclic amines) is 1. The molecule has 2 fully saturated rings. The van der Waals surface area contributed by atoms with E-state index in [1.54, 1.807) is 12.7 Å². The summed E-state index contributed by atoms with van der Waals surface area (Å²) in [6.07, 6.45) is 5.49. The van der Waals surface area contributed by atoms with Gasteiger partial charge in [0.1, 0.15) is 39.6 Å². The van der Waals surface area contributed by atoms with Crippen LogP contribution in [0.3, 0.4) is 0 Å². The Morgan fingerprint density at radius 2 is 1.08 bits per heavy atom. The van der Waals surface area contributed by atoms with Crippen molar-refractivity contribution in [3.8, 4) is 0 Å². The molecule has 334 valence electrons. The van der Waals surface area contributed by atoms with Crippen LogP contribution in [0.2, 0.25) is 0 Å². The number of alkyl halides is 6. The minimum Gasteiger partial charge on any atom is -0.444 e. The molecule has 0 saturated carbocycles. The molecule has 61 heavy (non-hydrogen) atoms. The van der Waals surface area contributed by atoms with Crippen LogP contribution in [0.5, 0.6) is 0 Å².